The third kappa shape index (κ3) is 3.20. The number of carbonyl (C=O) groups is 2. The minimum Gasteiger partial charge on any atom is -0.460 e. The maximum absolute atomic E-state index is 13.2. The van der Waals surface area contributed by atoms with Crippen molar-refractivity contribution < 1.29 is 19.1 Å². The summed E-state index contributed by atoms with van der Waals surface area (Å²) in [6, 6.07) is 0. The molecule has 0 aromatic heterocycles. The highest BCUT2D eigenvalue weighted by atomic mass is 16.6. The van der Waals surface area contributed by atoms with Gasteiger partial charge >= 0.3 is 11.9 Å². The van der Waals surface area contributed by atoms with Crippen molar-refractivity contribution in [2.45, 2.75) is 91.3 Å². The lowest BCUT2D eigenvalue weighted by Gasteiger charge is -2.64. The SMILES string of the molecule is C=C(C)C(=O)OC(C)(C)C12CC3CC(CC(C(=O)OC(C)(C)C)(C3)C1)C2. The molecule has 4 bridgehead atoms. The number of rotatable bonds is 4. The van der Waals surface area contributed by atoms with Crippen molar-refractivity contribution in [3.8, 4) is 0 Å². The van der Waals surface area contributed by atoms with Crippen LogP contribution in [-0.2, 0) is 19.1 Å². The number of esters is 2. The Labute approximate surface area is 157 Å². The fourth-order valence-corrected chi connectivity index (χ4v) is 6.02. The predicted octanol–water partition coefficient (Wildman–Crippen LogP) is 4.81. The van der Waals surface area contributed by atoms with E-state index in [-0.39, 0.29) is 17.4 Å². The monoisotopic (exact) mass is 362 g/mol. The smallest absolute Gasteiger partial charge is 0.333 e. The molecule has 0 aliphatic heterocycles. The highest BCUT2D eigenvalue weighted by molar-refractivity contribution is 5.87. The molecule has 4 aliphatic carbocycles. The Bertz CT molecular complexity index is 623. The Morgan fingerprint density at radius 1 is 0.962 bits per heavy atom. The van der Waals surface area contributed by atoms with Gasteiger partial charge in [0.15, 0.2) is 0 Å². The van der Waals surface area contributed by atoms with Crippen LogP contribution in [0.2, 0.25) is 0 Å². The molecule has 4 heteroatoms. The molecule has 0 spiro atoms. The molecule has 0 N–H and O–H groups in total. The molecule has 2 atom stereocenters. The van der Waals surface area contributed by atoms with Crippen LogP contribution in [-0.4, -0.2) is 23.1 Å². The van der Waals surface area contributed by atoms with Crippen molar-refractivity contribution in [1.82, 2.24) is 0 Å². The van der Waals surface area contributed by atoms with Crippen LogP contribution in [0.1, 0.15) is 80.1 Å². The van der Waals surface area contributed by atoms with Crippen LogP contribution in [0.25, 0.3) is 0 Å². The van der Waals surface area contributed by atoms with Crippen LogP contribution in [0, 0.1) is 22.7 Å². The van der Waals surface area contributed by atoms with Crippen LogP contribution >= 0.6 is 0 Å². The molecule has 146 valence electrons. The lowest BCUT2D eigenvalue weighted by atomic mass is 9.41. The number of hydrogen-bond acceptors (Lipinski definition) is 4. The van der Waals surface area contributed by atoms with E-state index >= 15 is 0 Å². The van der Waals surface area contributed by atoms with E-state index in [0.29, 0.717) is 17.4 Å². The minimum absolute atomic E-state index is 0.0505. The minimum atomic E-state index is -0.617. The molecule has 0 heterocycles. The zero-order valence-corrected chi connectivity index (χ0v) is 17.2. The van der Waals surface area contributed by atoms with Gasteiger partial charge in [0.05, 0.1) is 5.41 Å². The van der Waals surface area contributed by atoms with Crippen LogP contribution < -0.4 is 0 Å². The Balaban J connectivity index is 1.91. The summed E-state index contributed by atoms with van der Waals surface area (Å²) in [5, 5.41) is 0. The lowest BCUT2D eigenvalue weighted by molar-refractivity contribution is -0.223. The molecule has 4 aliphatic rings. The third-order valence-corrected chi connectivity index (χ3v) is 6.87. The molecule has 4 rings (SSSR count). The highest BCUT2D eigenvalue weighted by Crippen LogP contribution is 2.69. The number of carbonyl (C=O) groups excluding carboxylic acids is 2. The summed E-state index contributed by atoms with van der Waals surface area (Å²) in [6.07, 6.45) is 5.86. The summed E-state index contributed by atoms with van der Waals surface area (Å²) >= 11 is 0. The maximum Gasteiger partial charge on any atom is 0.333 e. The maximum atomic E-state index is 13.2. The van der Waals surface area contributed by atoms with E-state index in [4.69, 9.17) is 9.47 Å². The van der Waals surface area contributed by atoms with Gasteiger partial charge < -0.3 is 9.47 Å². The standard InChI is InChI=1S/C22H34O4/c1-14(2)17(23)25-20(6,7)22-11-15-8-16(12-22)10-21(9-15,13-22)18(24)26-19(3,4)5/h15-16H,1,8-13H2,2-7H3. The average molecular weight is 363 g/mol. The molecule has 2 unspecified atom stereocenters. The van der Waals surface area contributed by atoms with Gasteiger partial charge in [0.1, 0.15) is 11.2 Å². The van der Waals surface area contributed by atoms with Crippen molar-refractivity contribution >= 4 is 11.9 Å². The van der Waals surface area contributed by atoms with E-state index in [0.717, 1.165) is 32.1 Å². The van der Waals surface area contributed by atoms with Gasteiger partial charge in [-0.1, -0.05) is 6.58 Å². The van der Waals surface area contributed by atoms with Gasteiger partial charge in [0.25, 0.3) is 0 Å². The topological polar surface area (TPSA) is 52.6 Å². The first-order chi connectivity index (χ1) is 11.8. The lowest BCUT2D eigenvalue weighted by Crippen LogP contribution is -2.63. The van der Waals surface area contributed by atoms with E-state index in [2.05, 4.69) is 6.58 Å². The largest absolute Gasteiger partial charge is 0.460 e. The molecule has 0 amide bonds. The average Bonchev–Trinajstić information content (AvgIpc) is 2.43. The molecule has 0 aromatic carbocycles. The van der Waals surface area contributed by atoms with E-state index in [9.17, 15) is 9.59 Å². The summed E-state index contributed by atoms with van der Waals surface area (Å²) in [6.45, 7) is 15.2. The zero-order chi connectivity index (χ0) is 19.5. The quantitative estimate of drug-likeness (QED) is 0.532. The molecular formula is C22H34O4. The van der Waals surface area contributed by atoms with E-state index < -0.39 is 16.6 Å². The van der Waals surface area contributed by atoms with Crippen LogP contribution in [0.15, 0.2) is 12.2 Å². The number of hydrogen-bond donors (Lipinski definition) is 0. The van der Waals surface area contributed by atoms with Gasteiger partial charge in [-0.25, -0.2) is 4.79 Å². The Morgan fingerprint density at radius 2 is 1.50 bits per heavy atom. The van der Waals surface area contributed by atoms with E-state index in [1.165, 1.54) is 6.42 Å². The summed E-state index contributed by atoms with van der Waals surface area (Å²) < 4.78 is 11.8. The fourth-order valence-electron chi connectivity index (χ4n) is 6.02. The second kappa shape index (κ2) is 5.84. The first-order valence-corrected chi connectivity index (χ1v) is 9.90. The van der Waals surface area contributed by atoms with Gasteiger partial charge in [0, 0.05) is 11.0 Å². The van der Waals surface area contributed by atoms with E-state index in [1.54, 1.807) is 6.92 Å². The second-order valence-electron chi connectivity index (χ2n) is 10.7. The second-order valence-corrected chi connectivity index (χ2v) is 10.7. The summed E-state index contributed by atoms with van der Waals surface area (Å²) in [5.74, 6) is 0.653. The van der Waals surface area contributed by atoms with Crippen molar-refractivity contribution in [1.29, 1.82) is 0 Å². The Morgan fingerprint density at radius 3 is 1.96 bits per heavy atom. The molecule has 4 saturated carbocycles. The van der Waals surface area contributed by atoms with Crippen LogP contribution in [0.3, 0.4) is 0 Å². The van der Waals surface area contributed by atoms with Crippen molar-refractivity contribution in [2.24, 2.45) is 22.7 Å². The van der Waals surface area contributed by atoms with Crippen molar-refractivity contribution in [3.63, 3.8) is 0 Å². The van der Waals surface area contributed by atoms with Crippen LogP contribution in [0.4, 0.5) is 0 Å². The highest BCUT2D eigenvalue weighted by Gasteiger charge is 2.66. The molecule has 0 radical (unpaired) electrons. The normalized spacial score (nSPS) is 35.9. The molecule has 0 saturated heterocycles. The van der Waals surface area contributed by atoms with Gasteiger partial charge in [-0.05, 0) is 91.9 Å². The molecule has 4 fully saturated rings. The van der Waals surface area contributed by atoms with E-state index in [1.807, 2.05) is 34.6 Å². The summed E-state index contributed by atoms with van der Waals surface area (Å²) in [4.78, 5) is 25.4. The third-order valence-electron chi connectivity index (χ3n) is 6.87. The number of ether oxygens (including phenoxy) is 2. The summed E-state index contributed by atoms with van der Waals surface area (Å²) in [7, 11) is 0. The Kier molecular flexibility index (Phi) is 4.36. The van der Waals surface area contributed by atoms with Crippen molar-refractivity contribution in [2.75, 3.05) is 0 Å². The van der Waals surface area contributed by atoms with Gasteiger partial charge in [-0.3, -0.25) is 4.79 Å². The first kappa shape index (κ1) is 19.4. The summed E-state index contributed by atoms with van der Waals surface area (Å²) in [5.41, 5.74) is -1.24. The molecule has 4 nitrogen and oxygen atoms in total. The fraction of sp³-hybridized carbons (Fsp3) is 0.818. The molecule has 0 aromatic rings. The Hall–Kier alpha value is -1.32. The first-order valence-electron chi connectivity index (χ1n) is 9.90. The van der Waals surface area contributed by atoms with Crippen LogP contribution in [0.5, 0.6) is 0 Å². The van der Waals surface area contributed by atoms with Gasteiger partial charge in [-0.2, -0.15) is 0 Å². The molecular weight excluding hydrogens is 328 g/mol. The van der Waals surface area contributed by atoms with Gasteiger partial charge in [-0.15, -0.1) is 0 Å². The zero-order valence-electron chi connectivity index (χ0n) is 17.2. The van der Waals surface area contributed by atoms with Crippen molar-refractivity contribution in [3.05, 3.63) is 12.2 Å². The molecule has 26 heavy (non-hydrogen) atoms. The van der Waals surface area contributed by atoms with Gasteiger partial charge in [0.2, 0.25) is 0 Å². The predicted molar refractivity (Wildman–Crippen MR) is 100 cm³/mol.